The zero-order valence-corrected chi connectivity index (χ0v) is 20.6. The second-order valence-corrected chi connectivity index (χ2v) is 9.66. The average Bonchev–Trinajstić information content (AvgIpc) is 2.81. The highest BCUT2D eigenvalue weighted by Crippen LogP contribution is 2.33. The Kier molecular flexibility index (Phi) is 7.04. The Morgan fingerprint density at radius 1 is 1.17 bits per heavy atom. The minimum Gasteiger partial charge on any atom is -0.444 e. The van der Waals surface area contributed by atoms with E-state index in [0.29, 0.717) is 42.0 Å². The van der Waals surface area contributed by atoms with Gasteiger partial charge in [0.15, 0.2) is 0 Å². The van der Waals surface area contributed by atoms with Gasteiger partial charge in [-0.05, 0) is 70.4 Å². The summed E-state index contributed by atoms with van der Waals surface area (Å²) in [6.07, 6.45) is 4.85. The first-order chi connectivity index (χ1) is 16.7. The van der Waals surface area contributed by atoms with Crippen molar-refractivity contribution in [2.45, 2.75) is 52.2 Å². The number of nitrogens with one attached hydrogen (secondary N) is 1. The highest BCUT2D eigenvalue weighted by atomic mass is 16.6. The summed E-state index contributed by atoms with van der Waals surface area (Å²) in [5.74, 6) is 1.55. The maximum atomic E-state index is 12.5. The van der Waals surface area contributed by atoms with E-state index < -0.39 is 5.60 Å². The van der Waals surface area contributed by atoms with Gasteiger partial charge in [-0.2, -0.15) is 0 Å². The van der Waals surface area contributed by atoms with E-state index in [-0.39, 0.29) is 12.1 Å². The molecule has 9 heteroatoms. The van der Waals surface area contributed by atoms with Crippen molar-refractivity contribution < 1.29 is 14.3 Å². The van der Waals surface area contributed by atoms with Crippen LogP contribution < -0.4 is 15.8 Å². The number of rotatable bonds is 5. The van der Waals surface area contributed by atoms with Crippen molar-refractivity contribution >= 4 is 17.7 Å². The van der Waals surface area contributed by atoms with Gasteiger partial charge in [-0.3, -0.25) is 0 Å². The Bertz CT molecular complexity index is 1190. The van der Waals surface area contributed by atoms with E-state index in [2.05, 4.69) is 15.3 Å². The molecule has 1 fully saturated rings. The number of ether oxygens (including phenoxy) is 2. The molecule has 1 aliphatic rings. The van der Waals surface area contributed by atoms with Crippen molar-refractivity contribution in [3.05, 3.63) is 54.4 Å². The van der Waals surface area contributed by atoms with Crippen molar-refractivity contribution in [3.63, 3.8) is 0 Å². The lowest BCUT2D eigenvalue weighted by Crippen LogP contribution is -2.47. The van der Waals surface area contributed by atoms with E-state index in [1.165, 1.54) is 0 Å². The third kappa shape index (κ3) is 6.38. The number of nitrogens with zero attached hydrogens (tertiary/aromatic N) is 4. The number of aryl methyl sites for hydroxylation is 1. The van der Waals surface area contributed by atoms with E-state index in [1.807, 2.05) is 58.0 Å². The zero-order valence-electron chi connectivity index (χ0n) is 20.6. The molecular formula is C26H32N6O3. The summed E-state index contributed by atoms with van der Waals surface area (Å²) in [7, 11) is 0. The molecule has 35 heavy (non-hydrogen) atoms. The smallest absolute Gasteiger partial charge is 0.410 e. The molecular weight excluding hydrogens is 444 g/mol. The minimum atomic E-state index is -0.525. The molecule has 9 nitrogen and oxygen atoms in total. The van der Waals surface area contributed by atoms with Crippen molar-refractivity contribution in [1.29, 1.82) is 0 Å². The van der Waals surface area contributed by atoms with Crippen LogP contribution in [-0.4, -0.2) is 50.7 Å². The van der Waals surface area contributed by atoms with E-state index >= 15 is 0 Å². The second kappa shape index (κ2) is 10.2. The van der Waals surface area contributed by atoms with Gasteiger partial charge in [-0.25, -0.2) is 19.7 Å². The predicted molar refractivity (Wildman–Crippen MR) is 135 cm³/mol. The normalized spacial score (nSPS) is 16.0. The number of anilines is 2. The number of carbonyl (C=O) groups excluding carboxylic acids is 1. The standard InChI is InChI=1S/C26H32N6O3/c1-17-9-10-18(27)15-22(17)34-23-20(8-5-12-28-23)21-11-13-29-24(31-21)30-19-7-6-14-32(16-19)25(33)35-26(2,3)4/h5,8-13,15,19H,6-7,14,16,27H2,1-4H3,(H,29,30,31). The molecule has 184 valence electrons. The molecule has 0 saturated carbocycles. The third-order valence-corrected chi connectivity index (χ3v) is 5.53. The number of hydrogen-bond donors (Lipinski definition) is 2. The van der Waals surface area contributed by atoms with Crippen LogP contribution in [0.15, 0.2) is 48.8 Å². The van der Waals surface area contributed by atoms with Crippen LogP contribution in [0.25, 0.3) is 11.3 Å². The van der Waals surface area contributed by atoms with Crippen LogP contribution in [-0.2, 0) is 4.74 Å². The molecule has 1 saturated heterocycles. The molecule has 0 radical (unpaired) electrons. The summed E-state index contributed by atoms with van der Waals surface area (Å²) in [4.78, 5) is 27.8. The fraction of sp³-hybridized carbons (Fsp3) is 0.385. The van der Waals surface area contributed by atoms with E-state index in [9.17, 15) is 4.79 Å². The lowest BCUT2D eigenvalue weighted by molar-refractivity contribution is 0.0206. The summed E-state index contributed by atoms with van der Waals surface area (Å²) in [5, 5.41) is 3.38. The van der Waals surface area contributed by atoms with E-state index in [4.69, 9.17) is 20.2 Å². The van der Waals surface area contributed by atoms with Gasteiger partial charge in [0.2, 0.25) is 11.8 Å². The average molecular weight is 477 g/mol. The molecule has 3 N–H and O–H groups in total. The summed E-state index contributed by atoms with van der Waals surface area (Å²) < 4.78 is 11.6. The van der Waals surface area contributed by atoms with Gasteiger partial charge in [-0.1, -0.05) is 6.07 Å². The molecule has 1 unspecified atom stereocenters. The molecule has 0 bridgehead atoms. The number of benzene rings is 1. The van der Waals surface area contributed by atoms with E-state index in [1.54, 1.807) is 23.4 Å². The number of nitrogen functional groups attached to an aromatic ring is 1. The van der Waals surface area contributed by atoms with Crippen LogP contribution in [0.5, 0.6) is 11.6 Å². The quantitative estimate of drug-likeness (QED) is 0.493. The molecule has 1 aliphatic heterocycles. The first kappa shape index (κ1) is 24.3. The Balaban J connectivity index is 1.50. The number of likely N-dealkylation sites (tertiary alicyclic amines) is 1. The largest absolute Gasteiger partial charge is 0.444 e. The number of hydrogen-bond acceptors (Lipinski definition) is 8. The highest BCUT2D eigenvalue weighted by molar-refractivity contribution is 5.68. The molecule has 1 amide bonds. The van der Waals surface area contributed by atoms with Crippen LogP contribution in [0.1, 0.15) is 39.2 Å². The second-order valence-electron chi connectivity index (χ2n) is 9.66. The van der Waals surface area contributed by atoms with Gasteiger partial charge in [0.1, 0.15) is 11.4 Å². The SMILES string of the molecule is Cc1ccc(N)cc1Oc1ncccc1-c1ccnc(NC2CCCN(C(=O)OC(C)(C)C)C2)n1. The van der Waals surface area contributed by atoms with Gasteiger partial charge >= 0.3 is 6.09 Å². The number of aromatic nitrogens is 3. The number of amides is 1. The Hall–Kier alpha value is -3.88. The number of nitrogens with two attached hydrogens (primary N) is 1. The molecule has 3 heterocycles. The molecule has 2 aromatic heterocycles. The van der Waals surface area contributed by atoms with Crippen molar-refractivity contribution in [2.75, 3.05) is 24.1 Å². The first-order valence-electron chi connectivity index (χ1n) is 11.7. The molecule has 1 aromatic carbocycles. The van der Waals surface area contributed by atoms with Crippen LogP contribution in [0.2, 0.25) is 0 Å². The summed E-state index contributed by atoms with van der Waals surface area (Å²) in [5.41, 5.74) is 8.39. The fourth-order valence-electron chi connectivity index (χ4n) is 3.85. The summed E-state index contributed by atoms with van der Waals surface area (Å²) in [6.45, 7) is 8.76. The molecule has 1 atom stereocenters. The van der Waals surface area contributed by atoms with E-state index in [0.717, 1.165) is 24.0 Å². The lowest BCUT2D eigenvalue weighted by Gasteiger charge is -2.34. The van der Waals surface area contributed by atoms with Gasteiger partial charge < -0.3 is 25.4 Å². The maximum Gasteiger partial charge on any atom is 0.410 e. The minimum absolute atomic E-state index is 0.0195. The monoisotopic (exact) mass is 476 g/mol. The predicted octanol–water partition coefficient (Wildman–Crippen LogP) is 5.03. The van der Waals surface area contributed by atoms with Crippen LogP contribution in [0.3, 0.4) is 0 Å². The molecule has 0 spiro atoms. The van der Waals surface area contributed by atoms with Gasteiger partial charge in [0.05, 0.1) is 11.3 Å². The van der Waals surface area contributed by atoms with Gasteiger partial charge in [-0.15, -0.1) is 0 Å². The number of carbonyl (C=O) groups is 1. The highest BCUT2D eigenvalue weighted by Gasteiger charge is 2.28. The lowest BCUT2D eigenvalue weighted by atomic mass is 10.1. The van der Waals surface area contributed by atoms with Gasteiger partial charge in [0, 0.05) is 43.3 Å². The molecule has 3 aromatic rings. The number of piperidine rings is 1. The Morgan fingerprint density at radius 2 is 2.00 bits per heavy atom. The van der Waals surface area contributed by atoms with Crippen molar-refractivity contribution in [3.8, 4) is 22.9 Å². The number of pyridine rings is 1. The van der Waals surface area contributed by atoms with Crippen LogP contribution >= 0.6 is 0 Å². The molecule has 4 rings (SSSR count). The van der Waals surface area contributed by atoms with Crippen LogP contribution in [0, 0.1) is 6.92 Å². The third-order valence-electron chi connectivity index (χ3n) is 5.53. The van der Waals surface area contributed by atoms with Crippen molar-refractivity contribution in [2.24, 2.45) is 0 Å². The van der Waals surface area contributed by atoms with Crippen LogP contribution in [0.4, 0.5) is 16.4 Å². The Labute approximate surface area is 205 Å². The summed E-state index contributed by atoms with van der Waals surface area (Å²) in [6, 6.07) is 11.1. The maximum absolute atomic E-state index is 12.5. The van der Waals surface area contributed by atoms with Gasteiger partial charge in [0.25, 0.3) is 0 Å². The first-order valence-corrected chi connectivity index (χ1v) is 11.7. The summed E-state index contributed by atoms with van der Waals surface area (Å²) >= 11 is 0. The molecule has 0 aliphatic carbocycles. The Morgan fingerprint density at radius 3 is 2.80 bits per heavy atom. The van der Waals surface area contributed by atoms with Crippen molar-refractivity contribution in [1.82, 2.24) is 19.9 Å². The fourth-order valence-corrected chi connectivity index (χ4v) is 3.85. The topological polar surface area (TPSA) is 115 Å². The zero-order chi connectivity index (χ0) is 25.0.